The Morgan fingerprint density at radius 3 is 2.50 bits per heavy atom. The van der Waals surface area contributed by atoms with E-state index < -0.39 is 6.10 Å². The number of rotatable bonds is 6. The van der Waals surface area contributed by atoms with Gasteiger partial charge in [0.25, 0.3) is 0 Å². The summed E-state index contributed by atoms with van der Waals surface area (Å²) >= 11 is 3.59. The largest absolute Gasteiger partial charge is 0.393 e. The molecule has 1 heterocycles. The maximum Gasteiger partial charge on any atom is 0.0766 e. The molecule has 1 aromatic heterocycles. The lowest BCUT2D eigenvalue weighted by atomic mass is 9.96. The Labute approximate surface area is 118 Å². The molecule has 4 nitrogen and oxygen atoms in total. The fraction of sp³-hybridized carbons (Fsp3) is 0.769. The van der Waals surface area contributed by atoms with Gasteiger partial charge in [-0.1, -0.05) is 6.92 Å². The average Bonchev–Trinajstić information content (AvgIpc) is 2.53. The minimum absolute atomic E-state index is 0.351. The Balaban J connectivity index is 2.86. The standard InChI is InChI=1S/C13H24BrN3O/c1-5-10-12(14)11(17(6-2)16-10)7-9(18)8-13(3,4)15/h9,18H,5-8,15H2,1-4H3. The van der Waals surface area contributed by atoms with Crippen LogP contribution in [0.25, 0.3) is 0 Å². The van der Waals surface area contributed by atoms with Gasteiger partial charge in [-0.3, -0.25) is 4.68 Å². The highest BCUT2D eigenvalue weighted by molar-refractivity contribution is 9.10. The molecule has 1 rings (SSSR count). The molecular formula is C13H24BrN3O. The zero-order valence-electron chi connectivity index (χ0n) is 11.7. The van der Waals surface area contributed by atoms with Crippen LogP contribution >= 0.6 is 15.9 Å². The number of aliphatic hydroxyl groups excluding tert-OH is 1. The van der Waals surface area contributed by atoms with E-state index in [1.165, 1.54) is 0 Å². The van der Waals surface area contributed by atoms with Crippen LogP contribution in [0.3, 0.4) is 0 Å². The van der Waals surface area contributed by atoms with Crippen molar-refractivity contribution >= 4 is 15.9 Å². The Hall–Kier alpha value is -0.390. The van der Waals surface area contributed by atoms with Crippen LogP contribution in [0.2, 0.25) is 0 Å². The van der Waals surface area contributed by atoms with Crippen LogP contribution in [0, 0.1) is 0 Å². The summed E-state index contributed by atoms with van der Waals surface area (Å²) in [6, 6.07) is 0. The number of hydrogen-bond acceptors (Lipinski definition) is 3. The first-order chi connectivity index (χ1) is 8.28. The van der Waals surface area contributed by atoms with Gasteiger partial charge in [-0.2, -0.15) is 5.10 Å². The quantitative estimate of drug-likeness (QED) is 0.845. The Morgan fingerprint density at radius 1 is 1.44 bits per heavy atom. The normalized spacial score (nSPS) is 13.9. The number of nitrogens with two attached hydrogens (primary N) is 1. The number of aliphatic hydroxyl groups is 1. The second kappa shape index (κ2) is 6.17. The predicted molar refractivity (Wildman–Crippen MR) is 77.6 cm³/mol. The summed E-state index contributed by atoms with van der Waals surface area (Å²) in [5.41, 5.74) is 7.69. The van der Waals surface area contributed by atoms with Crippen LogP contribution in [0.5, 0.6) is 0 Å². The predicted octanol–water partition coefficient (Wildman–Crippen LogP) is 2.26. The summed E-state index contributed by atoms with van der Waals surface area (Å²) in [5.74, 6) is 0. The molecule has 0 saturated carbocycles. The number of nitrogens with zero attached hydrogens (tertiary/aromatic N) is 2. The zero-order valence-corrected chi connectivity index (χ0v) is 13.3. The highest BCUT2D eigenvalue weighted by Gasteiger charge is 2.21. The van der Waals surface area contributed by atoms with Crippen molar-refractivity contribution in [1.82, 2.24) is 9.78 Å². The molecule has 3 N–H and O–H groups in total. The van der Waals surface area contributed by atoms with E-state index in [4.69, 9.17) is 5.73 Å². The maximum absolute atomic E-state index is 10.1. The van der Waals surface area contributed by atoms with Crippen molar-refractivity contribution in [3.63, 3.8) is 0 Å². The molecule has 0 amide bonds. The Morgan fingerprint density at radius 2 is 2.06 bits per heavy atom. The smallest absolute Gasteiger partial charge is 0.0766 e. The Bertz CT molecular complexity index is 396. The summed E-state index contributed by atoms with van der Waals surface area (Å²) in [6.07, 6.45) is 1.62. The highest BCUT2D eigenvalue weighted by atomic mass is 79.9. The summed E-state index contributed by atoms with van der Waals surface area (Å²) in [6.45, 7) is 8.81. The van der Waals surface area contributed by atoms with Gasteiger partial charge in [0, 0.05) is 18.5 Å². The average molecular weight is 318 g/mol. The highest BCUT2D eigenvalue weighted by Crippen LogP contribution is 2.24. The third-order valence-electron chi connectivity index (χ3n) is 2.88. The summed E-state index contributed by atoms with van der Waals surface area (Å²) in [4.78, 5) is 0. The van der Waals surface area contributed by atoms with Crippen LogP contribution in [-0.2, 0) is 19.4 Å². The van der Waals surface area contributed by atoms with Gasteiger partial charge in [-0.15, -0.1) is 0 Å². The van der Waals surface area contributed by atoms with Crippen LogP contribution < -0.4 is 5.73 Å². The van der Waals surface area contributed by atoms with Crippen LogP contribution in [0.15, 0.2) is 4.47 Å². The van der Waals surface area contributed by atoms with E-state index in [-0.39, 0.29) is 5.54 Å². The molecule has 0 saturated heterocycles. The monoisotopic (exact) mass is 317 g/mol. The molecule has 0 radical (unpaired) electrons. The van der Waals surface area contributed by atoms with E-state index in [0.717, 1.165) is 28.8 Å². The van der Waals surface area contributed by atoms with Gasteiger partial charge in [-0.05, 0) is 49.5 Å². The van der Waals surface area contributed by atoms with Gasteiger partial charge in [0.15, 0.2) is 0 Å². The molecule has 0 bridgehead atoms. The lowest BCUT2D eigenvalue weighted by molar-refractivity contribution is 0.138. The third kappa shape index (κ3) is 4.07. The van der Waals surface area contributed by atoms with Gasteiger partial charge < -0.3 is 10.8 Å². The molecule has 5 heteroatoms. The molecule has 0 aliphatic heterocycles. The number of aryl methyl sites for hydroxylation is 2. The zero-order chi connectivity index (χ0) is 13.9. The molecule has 1 atom stereocenters. The van der Waals surface area contributed by atoms with E-state index in [1.807, 2.05) is 18.5 Å². The molecular weight excluding hydrogens is 294 g/mol. The molecule has 18 heavy (non-hydrogen) atoms. The molecule has 104 valence electrons. The summed E-state index contributed by atoms with van der Waals surface area (Å²) in [5, 5.41) is 14.6. The van der Waals surface area contributed by atoms with Gasteiger partial charge in [0.1, 0.15) is 0 Å². The van der Waals surface area contributed by atoms with Crippen molar-refractivity contribution in [1.29, 1.82) is 0 Å². The molecule has 0 aliphatic rings. The lowest BCUT2D eigenvalue weighted by Gasteiger charge is -2.22. The van der Waals surface area contributed by atoms with Gasteiger partial charge in [0.05, 0.1) is 22.0 Å². The second-order valence-electron chi connectivity index (χ2n) is 5.43. The molecule has 0 aromatic carbocycles. The van der Waals surface area contributed by atoms with Crippen molar-refractivity contribution in [3.05, 3.63) is 15.9 Å². The molecule has 0 spiro atoms. The van der Waals surface area contributed by atoms with Crippen molar-refractivity contribution in [2.45, 2.75) is 65.1 Å². The van der Waals surface area contributed by atoms with E-state index in [9.17, 15) is 5.11 Å². The van der Waals surface area contributed by atoms with Crippen LogP contribution in [0.4, 0.5) is 0 Å². The molecule has 1 aromatic rings. The molecule has 0 aliphatic carbocycles. The number of aromatic nitrogens is 2. The summed E-state index contributed by atoms with van der Waals surface area (Å²) in [7, 11) is 0. The van der Waals surface area contributed by atoms with E-state index in [0.29, 0.717) is 12.8 Å². The molecule has 1 unspecified atom stereocenters. The van der Waals surface area contributed by atoms with Crippen molar-refractivity contribution in [2.24, 2.45) is 5.73 Å². The van der Waals surface area contributed by atoms with Gasteiger partial charge in [-0.25, -0.2) is 0 Å². The second-order valence-corrected chi connectivity index (χ2v) is 6.22. The Kier molecular flexibility index (Phi) is 5.37. The van der Waals surface area contributed by atoms with Crippen molar-refractivity contribution in [3.8, 4) is 0 Å². The first kappa shape index (κ1) is 15.7. The van der Waals surface area contributed by atoms with E-state index in [1.54, 1.807) is 0 Å². The fourth-order valence-electron chi connectivity index (χ4n) is 2.11. The minimum atomic E-state index is -0.437. The summed E-state index contributed by atoms with van der Waals surface area (Å²) < 4.78 is 2.98. The van der Waals surface area contributed by atoms with E-state index >= 15 is 0 Å². The topological polar surface area (TPSA) is 64.1 Å². The van der Waals surface area contributed by atoms with Crippen molar-refractivity contribution < 1.29 is 5.11 Å². The molecule has 0 fully saturated rings. The SMILES string of the molecule is CCc1nn(CC)c(CC(O)CC(C)(C)N)c1Br. The van der Waals surface area contributed by atoms with Gasteiger partial charge >= 0.3 is 0 Å². The lowest BCUT2D eigenvalue weighted by Crippen LogP contribution is -2.37. The fourth-order valence-corrected chi connectivity index (χ4v) is 2.84. The van der Waals surface area contributed by atoms with Crippen molar-refractivity contribution in [2.75, 3.05) is 0 Å². The van der Waals surface area contributed by atoms with Crippen LogP contribution in [-0.4, -0.2) is 26.5 Å². The number of hydrogen-bond donors (Lipinski definition) is 2. The van der Waals surface area contributed by atoms with E-state index in [2.05, 4.69) is 34.9 Å². The first-order valence-corrected chi connectivity index (χ1v) is 7.28. The van der Waals surface area contributed by atoms with Gasteiger partial charge in [0.2, 0.25) is 0 Å². The minimum Gasteiger partial charge on any atom is -0.393 e. The third-order valence-corrected chi connectivity index (χ3v) is 3.80. The van der Waals surface area contributed by atoms with Crippen LogP contribution in [0.1, 0.15) is 45.5 Å². The maximum atomic E-state index is 10.1. The first-order valence-electron chi connectivity index (χ1n) is 6.49. The number of halogens is 1.